The zero-order valence-electron chi connectivity index (χ0n) is 32.0. The summed E-state index contributed by atoms with van der Waals surface area (Å²) >= 11 is 0. The number of aliphatic hydroxyl groups excluding tert-OH is 3. The van der Waals surface area contributed by atoms with Gasteiger partial charge in [0.15, 0.2) is 17.0 Å². The number of fused-ring (bicyclic) bond motifs is 5. The number of allylic oxidation sites excluding steroid dienone is 2. The minimum Gasteiger partial charge on any atom is -0.507 e. The van der Waals surface area contributed by atoms with Crippen molar-refractivity contribution in [3.05, 3.63) is 104 Å². The highest BCUT2D eigenvalue weighted by Gasteiger charge is 2.72. The van der Waals surface area contributed by atoms with Gasteiger partial charge in [0, 0.05) is 43.4 Å². The quantitative estimate of drug-likeness (QED) is 0.113. The predicted molar refractivity (Wildman–Crippen MR) is 200 cm³/mol. The summed E-state index contributed by atoms with van der Waals surface area (Å²) in [6, 6.07) is 11.6. The number of carbonyl (C=O) groups is 5. The number of esters is 1. The summed E-state index contributed by atoms with van der Waals surface area (Å²) in [5.74, 6) is -8.76. The van der Waals surface area contributed by atoms with E-state index in [-0.39, 0.29) is 17.7 Å². The van der Waals surface area contributed by atoms with Crippen LogP contribution in [0, 0.1) is 12.8 Å². The molecule has 7 rings (SSSR count). The number of aromatic hydroxyl groups is 2. The van der Waals surface area contributed by atoms with Crippen LogP contribution in [0.3, 0.4) is 0 Å². The maximum Gasteiger partial charge on any atom is 0.342 e. The van der Waals surface area contributed by atoms with Crippen LogP contribution in [0.5, 0.6) is 11.5 Å². The molecule has 1 saturated heterocycles. The van der Waals surface area contributed by atoms with Gasteiger partial charge in [-0.25, -0.2) is 4.79 Å². The minimum absolute atomic E-state index is 0.0104. The molecule has 0 bridgehead atoms. The summed E-state index contributed by atoms with van der Waals surface area (Å²) in [4.78, 5) is 70.7. The molecule has 3 aliphatic carbocycles. The number of rotatable bonds is 10. The van der Waals surface area contributed by atoms with Gasteiger partial charge in [-0.1, -0.05) is 36.4 Å². The van der Waals surface area contributed by atoms with Crippen LogP contribution in [-0.2, 0) is 37.4 Å². The maximum atomic E-state index is 14.8. The normalized spacial score (nSPS) is 28.9. The molecule has 1 aliphatic heterocycles. The third-order valence-electron chi connectivity index (χ3n) is 11.8. The van der Waals surface area contributed by atoms with E-state index >= 15 is 0 Å². The average molecular weight is 802 g/mol. The molecule has 7 N–H and O–H groups in total. The second-order valence-electron chi connectivity index (χ2n) is 15.0. The Kier molecular flexibility index (Phi) is 10.6. The largest absolute Gasteiger partial charge is 0.507 e. The number of benzene rings is 3. The van der Waals surface area contributed by atoms with Crippen molar-refractivity contribution in [1.29, 1.82) is 0 Å². The van der Waals surface area contributed by atoms with Gasteiger partial charge in [-0.15, -0.1) is 0 Å². The maximum absolute atomic E-state index is 14.8. The first-order valence-corrected chi connectivity index (χ1v) is 18.6. The number of Topliss-reactive ketones (excluding diaryl/α,β-unsaturated/α-hetero) is 3. The Hall–Kier alpha value is -5.33. The molecule has 0 aromatic heterocycles. The fourth-order valence-corrected chi connectivity index (χ4v) is 8.95. The van der Waals surface area contributed by atoms with E-state index in [1.54, 1.807) is 6.92 Å². The van der Waals surface area contributed by atoms with Crippen molar-refractivity contribution in [2.45, 2.75) is 75.0 Å². The Bertz CT molecular complexity index is 2270. The zero-order chi connectivity index (χ0) is 42.0. The van der Waals surface area contributed by atoms with E-state index in [9.17, 15) is 54.6 Å². The fraction of sp³-hybridized carbons (Fsp3) is 0.405. The monoisotopic (exact) mass is 801 g/mol. The number of ether oxygens (including phenoxy) is 4. The second-order valence-corrected chi connectivity index (χ2v) is 15.0. The van der Waals surface area contributed by atoms with E-state index in [0.29, 0.717) is 12.8 Å². The molecule has 16 heteroatoms. The van der Waals surface area contributed by atoms with E-state index in [4.69, 9.17) is 18.9 Å². The smallest absolute Gasteiger partial charge is 0.342 e. The molecule has 3 aromatic rings. The first-order chi connectivity index (χ1) is 27.6. The van der Waals surface area contributed by atoms with Crippen molar-refractivity contribution in [3.8, 4) is 11.5 Å². The lowest BCUT2D eigenvalue weighted by Gasteiger charge is -2.52. The highest BCUT2D eigenvalue weighted by molar-refractivity contribution is 6.31. The van der Waals surface area contributed by atoms with Crippen molar-refractivity contribution in [1.82, 2.24) is 5.32 Å². The Balaban J connectivity index is 1.28. The van der Waals surface area contributed by atoms with Crippen LogP contribution in [0.25, 0.3) is 0 Å². The Morgan fingerprint density at radius 1 is 0.983 bits per heavy atom. The van der Waals surface area contributed by atoms with Gasteiger partial charge in [0.25, 0.3) is 0 Å². The number of ketones is 4. The van der Waals surface area contributed by atoms with E-state index in [0.717, 1.165) is 24.8 Å². The highest BCUT2D eigenvalue weighted by Crippen LogP contribution is 2.56. The molecule has 0 radical (unpaired) electrons. The van der Waals surface area contributed by atoms with E-state index < -0.39 is 140 Å². The molecule has 4 aliphatic rings. The first-order valence-electron chi connectivity index (χ1n) is 18.6. The van der Waals surface area contributed by atoms with Crippen molar-refractivity contribution in [3.63, 3.8) is 0 Å². The van der Waals surface area contributed by atoms with Crippen molar-refractivity contribution in [2.24, 2.45) is 5.92 Å². The summed E-state index contributed by atoms with van der Waals surface area (Å²) in [5.41, 5.74) is -9.29. The summed E-state index contributed by atoms with van der Waals surface area (Å²) in [5, 5.41) is 71.3. The Morgan fingerprint density at radius 3 is 2.34 bits per heavy atom. The number of hydrogen-bond donors (Lipinski definition) is 7. The standard InChI is InChI=1S/C42H43NO15/c1-18-13-21-14-27(46)42(56-4)38(52)30-23(37(51)41(42,54)31(21)35(50)28(18)40(53)57-12-8-11-20-9-6-5-7-10-20)15-22-29(34(30)49)26(45)16-25(32(22)47)43-39-24(17-44)33(48)36(55-3)19(2)58-39/h5-7,9-10,13,15-16,19,24,27,33,36,39,43-44,46,48-50,54H,8,11-12,14,17H2,1-4H3/t19-,24?,27+,33-,36-,39-,41-,42+/m0/s1. The van der Waals surface area contributed by atoms with Gasteiger partial charge in [0.2, 0.25) is 17.3 Å². The van der Waals surface area contributed by atoms with E-state index in [1.165, 1.54) is 20.1 Å². The topological polar surface area (TPSA) is 256 Å². The molecule has 1 unspecified atom stereocenters. The van der Waals surface area contributed by atoms with Crippen LogP contribution >= 0.6 is 0 Å². The number of phenols is 2. The molecular formula is C42H43NO15. The number of phenolic OH excluding ortho intramolecular Hbond substituents is 2. The summed E-state index contributed by atoms with van der Waals surface area (Å²) < 4.78 is 22.2. The molecule has 0 amide bonds. The molecule has 1 heterocycles. The molecule has 8 atom stereocenters. The Labute approximate surface area is 331 Å². The number of nitrogens with one attached hydrogen (secondary N) is 1. The molecule has 0 spiro atoms. The van der Waals surface area contributed by atoms with Crippen LogP contribution in [0.4, 0.5) is 0 Å². The van der Waals surface area contributed by atoms with Gasteiger partial charge in [-0.3, -0.25) is 19.2 Å². The molecule has 1 fully saturated rings. The highest BCUT2D eigenvalue weighted by atomic mass is 16.6. The number of aliphatic hydroxyl groups is 4. The van der Waals surface area contributed by atoms with Crippen molar-refractivity contribution in [2.75, 3.05) is 27.4 Å². The lowest BCUT2D eigenvalue weighted by molar-refractivity contribution is -0.214. The fourth-order valence-electron chi connectivity index (χ4n) is 8.95. The number of aryl methyl sites for hydroxylation is 2. The number of hydrogen-bond acceptors (Lipinski definition) is 16. The van der Waals surface area contributed by atoms with E-state index in [1.807, 2.05) is 30.3 Å². The molecule has 58 heavy (non-hydrogen) atoms. The molecular weight excluding hydrogens is 758 g/mol. The van der Waals surface area contributed by atoms with Crippen molar-refractivity contribution < 1.29 is 73.6 Å². The molecule has 16 nitrogen and oxygen atoms in total. The summed E-state index contributed by atoms with van der Waals surface area (Å²) in [6.45, 7) is 2.40. The SMILES string of the molecule is CO[C@H]1[C@H](C)O[C@H](NC2=CC(=O)c3c(cc4c(c3O)C(=O)[C@]3(OC)[C@H](O)Cc5cc(C)c(C(=O)OCCCc6ccccc6)c(O)c5[C@]3(O)C4=O)C2=O)C(CO)[C@@H]1O. The van der Waals surface area contributed by atoms with Gasteiger partial charge < -0.3 is 54.9 Å². The third-order valence-corrected chi connectivity index (χ3v) is 11.8. The molecule has 0 saturated carbocycles. The lowest BCUT2D eigenvalue weighted by atomic mass is 9.56. The average Bonchev–Trinajstić information content (AvgIpc) is 3.17. The third kappa shape index (κ3) is 5.89. The minimum atomic E-state index is -3.27. The summed E-state index contributed by atoms with van der Waals surface area (Å²) in [6.07, 6.45) is -4.67. The van der Waals surface area contributed by atoms with Crippen LogP contribution in [0.15, 0.2) is 54.2 Å². The van der Waals surface area contributed by atoms with Crippen LogP contribution < -0.4 is 5.32 Å². The number of carbonyl (C=O) groups excluding carboxylic acids is 5. The van der Waals surface area contributed by atoms with Gasteiger partial charge in [0.05, 0.1) is 54.3 Å². The number of methoxy groups -OCH3 is 2. The molecule has 3 aromatic carbocycles. The first kappa shape index (κ1) is 40.9. The molecule has 306 valence electrons. The summed E-state index contributed by atoms with van der Waals surface area (Å²) in [7, 11) is 2.27. The van der Waals surface area contributed by atoms with Crippen LogP contribution in [0.1, 0.15) is 87.4 Å². The second kappa shape index (κ2) is 15.1. The van der Waals surface area contributed by atoms with Gasteiger partial charge in [-0.2, -0.15) is 0 Å². The van der Waals surface area contributed by atoms with Gasteiger partial charge >= 0.3 is 5.97 Å². The lowest BCUT2D eigenvalue weighted by Crippen LogP contribution is -2.73. The van der Waals surface area contributed by atoms with Crippen molar-refractivity contribution >= 4 is 29.1 Å². The van der Waals surface area contributed by atoms with Gasteiger partial charge in [0.1, 0.15) is 29.4 Å². The predicted octanol–water partition coefficient (Wildman–Crippen LogP) is 1.35. The van der Waals surface area contributed by atoms with Crippen LogP contribution in [-0.4, -0.2) is 123 Å². The van der Waals surface area contributed by atoms with Crippen LogP contribution in [0.2, 0.25) is 0 Å². The van der Waals surface area contributed by atoms with Gasteiger partial charge in [-0.05, 0) is 49.4 Å². The Morgan fingerprint density at radius 2 is 1.69 bits per heavy atom. The zero-order valence-corrected chi connectivity index (χ0v) is 32.0. The van der Waals surface area contributed by atoms with E-state index in [2.05, 4.69) is 5.32 Å².